The summed E-state index contributed by atoms with van der Waals surface area (Å²) >= 11 is 0. The van der Waals surface area contributed by atoms with Crippen LogP contribution in [-0.2, 0) is 0 Å². The molecule has 0 amide bonds. The van der Waals surface area contributed by atoms with E-state index in [-0.39, 0.29) is 0 Å². The average Bonchev–Trinajstić information content (AvgIpc) is 2.54. The van der Waals surface area contributed by atoms with Crippen LogP contribution in [0.3, 0.4) is 0 Å². The first-order valence-electron chi connectivity index (χ1n) is 5.31. The van der Waals surface area contributed by atoms with E-state index >= 15 is 0 Å². The second-order valence-electron chi connectivity index (χ2n) is 3.90. The zero-order chi connectivity index (χ0) is 9.52. The zero-order valence-corrected chi connectivity index (χ0v) is 8.41. The molecule has 0 aromatic heterocycles. The average molecular weight is 183 g/mol. The third kappa shape index (κ3) is 3.92. The van der Waals surface area contributed by atoms with E-state index in [1.54, 1.807) is 0 Å². The molecule has 2 nitrogen and oxygen atoms in total. The summed E-state index contributed by atoms with van der Waals surface area (Å²) in [5, 5.41) is 8.80. The van der Waals surface area contributed by atoms with Crippen molar-refractivity contribution in [3.63, 3.8) is 0 Å². The zero-order valence-electron chi connectivity index (χ0n) is 8.41. The summed E-state index contributed by atoms with van der Waals surface area (Å²) in [5.41, 5.74) is 0. The van der Waals surface area contributed by atoms with Gasteiger partial charge in [0.1, 0.15) is 0 Å². The van der Waals surface area contributed by atoms with Gasteiger partial charge in [-0.1, -0.05) is 6.08 Å². The topological polar surface area (TPSA) is 23.5 Å². The van der Waals surface area contributed by atoms with Gasteiger partial charge in [0.05, 0.1) is 0 Å². The van der Waals surface area contributed by atoms with Crippen molar-refractivity contribution < 1.29 is 5.11 Å². The molecule has 1 aliphatic rings. The fraction of sp³-hybridized carbons (Fsp3) is 0.818. The minimum atomic E-state index is 0.352. The maximum atomic E-state index is 8.80. The maximum absolute atomic E-state index is 8.80. The lowest BCUT2D eigenvalue weighted by atomic mass is 10.1. The molecule has 0 aromatic rings. The van der Waals surface area contributed by atoms with E-state index in [0.717, 1.165) is 18.8 Å². The van der Waals surface area contributed by atoms with Crippen molar-refractivity contribution >= 4 is 0 Å². The monoisotopic (exact) mass is 183 g/mol. The fourth-order valence-electron chi connectivity index (χ4n) is 1.99. The van der Waals surface area contributed by atoms with Crippen LogP contribution in [0.1, 0.15) is 25.7 Å². The molecular formula is C11H21NO. The van der Waals surface area contributed by atoms with Gasteiger partial charge < -0.3 is 10.0 Å². The SMILES string of the molecule is C=CCCCN1CCC(CCO)C1. The number of hydrogen-bond acceptors (Lipinski definition) is 2. The minimum absolute atomic E-state index is 0.352. The smallest absolute Gasteiger partial charge is 0.0434 e. The Hall–Kier alpha value is -0.340. The summed E-state index contributed by atoms with van der Waals surface area (Å²) in [5.74, 6) is 0.744. The first kappa shape index (κ1) is 10.7. The molecule has 0 bridgehead atoms. The number of aliphatic hydroxyl groups is 1. The summed E-state index contributed by atoms with van der Waals surface area (Å²) in [7, 11) is 0. The summed E-state index contributed by atoms with van der Waals surface area (Å²) in [6.07, 6.45) is 6.60. The van der Waals surface area contributed by atoms with Crippen molar-refractivity contribution in [2.45, 2.75) is 25.7 Å². The predicted octanol–water partition coefficient (Wildman–Crippen LogP) is 1.66. The van der Waals surface area contributed by atoms with Gasteiger partial charge in [0, 0.05) is 13.2 Å². The number of hydrogen-bond donors (Lipinski definition) is 1. The fourth-order valence-corrected chi connectivity index (χ4v) is 1.99. The molecule has 1 N–H and O–H groups in total. The first-order valence-corrected chi connectivity index (χ1v) is 5.31. The molecule has 13 heavy (non-hydrogen) atoms. The van der Waals surface area contributed by atoms with Gasteiger partial charge in [0.15, 0.2) is 0 Å². The van der Waals surface area contributed by atoms with Crippen LogP contribution in [0.4, 0.5) is 0 Å². The van der Waals surface area contributed by atoms with Crippen LogP contribution in [0, 0.1) is 5.92 Å². The molecule has 1 rings (SSSR count). The van der Waals surface area contributed by atoms with Gasteiger partial charge in [-0.25, -0.2) is 0 Å². The lowest BCUT2D eigenvalue weighted by Gasteiger charge is -2.14. The Labute approximate surface area is 81.2 Å². The van der Waals surface area contributed by atoms with Crippen molar-refractivity contribution in [3.05, 3.63) is 12.7 Å². The Kier molecular flexibility index (Phi) is 5.09. The minimum Gasteiger partial charge on any atom is -0.396 e. The van der Waals surface area contributed by atoms with Crippen molar-refractivity contribution in [2.75, 3.05) is 26.2 Å². The normalized spacial score (nSPS) is 23.6. The molecule has 1 fully saturated rings. The Morgan fingerprint density at radius 3 is 3.08 bits per heavy atom. The van der Waals surface area contributed by atoms with Gasteiger partial charge in [-0.15, -0.1) is 6.58 Å². The first-order chi connectivity index (χ1) is 6.36. The number of likely N-dealkylation sites (tertiary alicyclic amines) is 1. The van der Waals surface area contributed by atoms with Gasteiger partial charge in [0.2, 0.25) is 0 Å². The molecule has 0 spiro atoms. The van der Waals surface area contributed by atoms with E-state index in [2.05, 4.69) is 11.5 Å². The molecule has 1 heterocycles. The molecule has 1 saturated heterocycles. The summed E-state index contributed by atoms with van der Waals surface area (Å²) in [4.78, 5) is 2.50. The van der Waals surface area contributed by atoms with Crippen LogP contribution in [0.15, 0.2) is 12.7 Å². The van der Waals surface area contributed by atoms with Crippen molar-refractivity contribution in [1.29, 1.82) is 0 Å². The van der Waals surface area contributed by atoms with Crippen molar-refractivity contribution in [3.8, 4) is 0 Å². The Bertz CT molecular complexity index is 147. The maximum Gasteiger partial charge on any atom is 0.0434 e. The largest absolute Gasteiger partial charge is 0.396 e. The standard InChI is InChI=1S/C11H21NO/c1-2-3-4-7-12-8-5-11(10-12)6-9-13/h2,11,13H,1,3-10H2. The number of unbranched alkanes of at least 4 members (excludes halogenated alkanes) is 1. The molecule has 0 aromatic carbocycles. The van der Waals surface area contributed by atoms with Crippen LogP contribution < -0.4 is 0 Å². The molecule has 0 saturated carbocycles. The molecular weight excluding hydrogens is 162 g/mol. The molecule has 1 aliphatic heterocycles. The van der Waals surface area contributed by atoms with Gasteiger partial charge in [-0.3, -0.25) is 0 Å². The number of nitrogens with zero attached hydrogens (tertiary/aromatic N) is 1. The molecule has 2 heteroatoms. The Balaban J connectivity index is 2.06. The van der Waals surface area contributed by atoms with E-state index in [1.807, 2.05) is 6.08 Å². The molecule has 0 aliphatic carbocycles. The second-order valence-corrected chi connectivity index (χ2v) is 3.90. The van der Waals surface area contributed by atoms with Crippen LogP contribution in [0.25, 0.3) is 0 Å². The van der Waals surface area contributed by atoms with Crippen LogP contribution in [-0.4, -0.2) is 36.2 Å². The number of allylic oxidation sites excluding steroid dienone is 1. The highest BCUT2D eigenvalue weighted by Gasteiger charge is 2.20. The van der Waals surface area contributed by atoms with E-state index in [9.17, 15) is 0 Å². The second kappa shape index (κ2) is 6.17. The highest BCUT2D eigenvalue weighted by Crippen LogP contribution is 2.19. The van der Waals surface area contributed by atoms with Crippen LogP contribution >= 0.6 is 0 Å². The van der Waals surface area contributed by atoms with E-state index in [1.165, 1.54) is 32.5 Å². The van der Waals surface area contributed by atoms with E-state index in [0.29, 0.717) is 6.61 Å². The Morgan fingerprint density at radius 2 is 2.38 bits per heavy atom. The molecule has 1 unspecified atom stereocenters. The number of rotatable bonds is 6. The van der Waals surface area contributed by atoms with Crippen LogP contribution in [0.5, 0.6) is 0 Å². The van der Waals surface area contributed by atoms with Crippen molar-refractivity contribution in [2.24, 2.45) is 5.92 Å². The molecule has 0 radical (unpaired) electrons. The van der Waals surface area contributed by atoms with E-state index < -0.39 is 0 Å². The highest BCUT2D eigenvalue weighted by molar-refractivity contribution is 4.76. The third-order valence-electron chi connectivity index (χ3n) is 2.79. The van der Waals surface area contributed by atoms with Gasteiger partial charge in [-0.2, -0.15) is 0 Å². The summed E-state index contributed by atoms with van der Waals surface area (Å²) in [6, 6.07) is 0. The van der Waals surface area contributed by atoms with E-state index in [4.69, 9.17) is 5.11 Å². The highest BCUT2D eigenvalue weighted by atomic mass is 16.3. The predicted molar refractivity (Wildman–Crippen MR) is 55.7 cm³/mol. The van der Waals surface area contributed by atoms with Gasteiger partial charge >= 0.3 is 0 Å². The number of aliphatic hydroxyl groups excluding tert-OH is 1. The Morgan fingerprint density at radius 1 is 1.54 bits per heavy atom. The lowest BCUT2D eigenvalue weighted by Crippen LogP contribution is -2.22. The van der Waals surface area contributed by atoms with Crippen LogP contribution in [0.2, 0.25) is 0 Å². The molecule has 1 atom stereocenters. The summed E-state index contributed by atoms with van der Waals surface area (Å²) < 4.78 is 0. The van der Waals surface area contributed by atoms with Crippen molar-refractivity contribution in [1.82, 2.24) is 4.90 Å². The third-order valence-corrected chi connectivity index (χ3v) is 2.79. The lowest BCUT2D eigenvalue weighted by molar-refractivity contribution is 0.250. The summed E-state index contributed by atoms with van der Waals surface area (Å²) in [6.45, 7) is 7.69. The van der Waals surface area contributed by atoms with Gasteiger partial charge in [0.25, 0.3) is 0 Å². The quantitative estimate of drug-likeness (QED) is 0.500. The molecule has 76 valence electrons. The van der Waals surface area contributed by atoms with Gasteiger partial charge in [-0.05, 0) is 44.7 Å².